The van der Waals surface area contributed by atoms with Gasteiger partial charge in [-0.2, -0.15) is 0 Å². The molecule has 0 saturated heterocycles. The number of carbonyl (C=O) groups is 1. The van der Waals surface area contributed by atoms with E-state index in [0.717, 1.165) is 0 Å². The van der Waals surface area contributed by atoms with Crippen LogP contribution in [0.3, 0.4) is 0 Å². The number of ether oxygens (including phenoxy) is 2. The molecule has 1 aromatic rings. The SMILES string of the molecule is COC(=O)c1ccc(OC)c([C@H](N)CO)c1. The van der Waals surface area contributed by atoms with E-state index in [1.807, 2.05) is 0 Å². The minimum absolute atomic E-state index is 0.221. The van der Waals surface area contributed by atoms with Gasteiger partial charge in [-0.15, -0.1) is 0 Å². The number of benzene rings is 1. The van der Waals surface area contributed by atoms with Crippen molar-refractivity contribution < 1.29 is 19.4 Å². The molecule has 3 N–H and O–H groups in total. The highest BCUT2D eigenvalue weighted by molar-refractivity contribution is 5.89. The lowest BCUT2D eigenvalue weighted by Gasteiger charge is -2.14. The molecule has 0 bridgehead atoms. The number of carbonyl (C=O) groups excluding carboxylic acids is 1. The summed E-state index contributed by atoms with van der Waals surface area (Å²) in [5.41, 5.74) is 6.65. The second kappa shape index (κ2) is 5.48. The van der Waals surface area contributed by atoms with E-state index in [2.05, 4.69) is 4.74 Å². The molecule has 0 aromatic heterocycles. The molecule has 0 spiro atoms. The van der Waals surface area contributed by atoms with Crippen LogP contribution in [0.4, 0.5) is 0 Å². The predicted molar refractivity (Wildman–Crippen MR) is 58.3 cm³/mol. The van der Waals surface area contributed by atoms with Crippen molar-refractivity contribution in [3.05, 3.63) is 29.3 Å². The van der Waals surface area contributed by atoms with Gasteiger partial charge >= 0.3 is 5.97 Å². The fraction of sp³-hybridized carbons (Fsp3) is 0.364. The zero-order valence-corrected chi connectivity index (χ0v) is 9.27. The van der Waals surface area contributed by atoms with Crippen molar-refractivity contribution in [1.29, 1.82) is 0 Å². The van der Waals surface area contributed by atoms with Crippen molar-refractivity contribution in [3.63, 3.8) is 0 Å². The first-order valence-electron chi connectivity index (χ1n) is 4.76. The number of aliphatic hydroxyl groups is 1. The molecule has 1 atom stereocenters. The van der Waals surface area contributed by atoms with Gasteiger partial charge in [-0.1, -0.05) is 0 Å². The summed E-state index contributed by atoms with van der Waals surface area (Å²) < 4.78 is 9.69. The predicted octanol–water partition coefficient (Wildman–Crippen LogP) is 0.474. The van der Waals surface area contributed by atoms with Gasteiger partial charge in [-0.3, -0.25) is 0 Å². The molecule has 88 valence electrons. The van der Waals surface area contributed by atoms with Crippen molar-refractivity contribution in [2.45, 2.75) is 6.04 Å². The molecule has 0 saturated carbocycles. The third kappa shape index (κ3) is 2.50. The zero-order valence-electron chi connectivity index (χ0n) is 9.27. The van der Waals surface area contributed by atoms with Gasteiger partial charge in [0.15, 0.2) is 0 Å². The normalized spacial score (nSPS) is 12.0. The van der Waals surface area contributed by atoms with E-state index < -0.39 is 12.0 Å². The van der Waals surface area contributed by atoms with Crippen LogP contribution >= 0.6 is 0 Å². The van der Waals surface area contributed by atoms with Crippen LogP contribution < -0.4 is 10.5 Å². The Hall–Kier alpha value is -1.59. The zero-order chi connectivity index (χ0) is 12.1. The summed E-state index contributed by atoms with van der Waals surface area (Å²) in [4.78, 5) is 11.3. The average Bonchev–Trinajstić information content (AvgIpc) is 2.35. The summed E-state index contributed by atoms with van der Waals surface area (Å²) in [5.74, 6) is 0.0863. The smallest absolute Gasteiger partial charge is 0.337 e. The molecule has 0 aliphatic rings. The van der Waals surface area contributed by atoms with Crippen molar-refractivity contribution in [1.82, 2.24) is 0 Å². The highest BCUT2D eigenvalue weighted by Crippen LogP contribution is 2.25. The standard InChI is InChI=1S/C11H15NO4/c1-15-10-4-3-7(11(14)16-2)5-8(10)9(12)6-13/h3-5,9,13H,6,12H2,1-2H3/t9-/m1/s1. The molecule has 1 rings (SSSR count). The van der Waals surface area contributed by atoms with Crippen molar-refractivity contribution in [2.24, 2.45) is 5.73 Å². The monoisotopic (exact) mass is 225 g/mol. The Kier molecular flexibility index (Phi) is 4.28. The van der Waals surface area contributed by atoms with Crippen LogP contribution in [0.5, 0.6) is 5.75 Å². The number of hydrogen-bond donors (Lipinski definition) is 2. The number of aliphatic hydroxyl groups excluding tert-OH is 1. The van der Waals surface area contributed by atoms with Crippen LogP contribution in [0.15, 0.2) is 18.2 Å². The number of nitrogens with two attached hydrogens (primary N) is 1. The van der Waals surface area contributed by atoms with Gasteiger partial charge in [0.1, 0.15) is 5.75 Å². The third-order valence-electron chi connectivity index (χ3n) is 2.25. The second-order valence-corrected chi connectivity index (χ2v) is 3.24. The van der Waals surface area contributed by atoms with E-state index in [9.17, 15) is 4.79 Å². The van der Waals surface area contributed by atoms with Gasteiger partial charge in [0.05, 0.1) is 32.4 Å². The Morgan fingerprint density at radius 2 is 2.19 bits per heavy atom. The van der Waals surface area contributed by atoms with E-state index in [0.29, 0.717) is 16.9 Å². The molecular weight excluding hydrogens is 210 g/mol. The fourth-order valence-electron chi connectivity index (χ4n) is 1.37. The molecule has 0 aliphatic carbocycles. The van der Waals surface area contributed by atoms with E-state index in [4.69, 9.17) is 15.6 Å². The van der Waals surface area contributed by atoms with Crippen LogP contribution in [0.2, 0.25) is 0 Å². The Balaban J connectivity index is 3.15. The summed E-state index contributed by atoms with van der Waals surface area (Å²) in [5, 5.41) is 9.00. The van der Waals surface area contributed by atoms with Gasteiger partial charge in [0, 0.05) is 5.56 Å². The van der Waals surface area contributed by atoms with Gasteiger partial charge < -0.3 is 20.3 Å². The van der Waals surface area contributed by atoms with E-state index in [1.54, 1.807) is 18.2 Å². The molecule has 0 unspecified atom stereocenters. The Labute approximate surface area is 93.8 Å². The van der Waals surface area contributed by atoms with E-state index in [-0.39, 0.29) is 6.61 Å². The molecular formula is C11H15NO4. The van der Waals surface area contributed by atoms with E-state index in [1.165, 1.54) is 14.2 Å². The van der Waals surface area contributed by atoms with Crippen molar-refractivity contribution in [3.8, 4) is 5.75 Å². The number of esters is 1. The topological polar surface area (TPSA) is 81.8 Å². The minimum Gasteiger partial charge on any atom is -0.496 e. The number of hydrogen-bond acceptors (Lipinski definition) is 5. The maximum absolute atomic E-state index is 11.3. The van der Waals surface area contributed by atoms with Gasteiger partial charge in [0.2, 0.25) is 0 Å². The minimum atomic E-state index is -0.584. The highest BCUT2D eigenvalue weighted by Gasteiger charge is 2.14. The lowest BCUT2D eigenvalue weighted by atomic mass is 10.0. The average molecular weight is 225 g/mol. The Bertz CT molecular complexity index is 378. The van der Waals surface area contributed by atoms with Crippen LogP contribution in [-0.2, 0) is 4.74 Å². The molecule has 16 heavy (non-hydrogen) atoms. The van der Waals surface area contributed by atoms with Crippen LogP contribution in [-0.4, -0.2) is 31.9 Å². The Morgan fingerprint density at radius 3 is 2.69 bits per heavy atom. The molecule has 1 aromatic carbocycles. The molecule has 0 amide bonds. The fourth-order valence-corrected chi connectivity index (χ4v) is 1.37. The van der Waals surface area contributed by atoms with E-state index >= 15 is 0 Å². The first kappa shape index (κ1) is 12.5. The quantitative estimate of drug-likeness (QED) is 0.728. The maximum Gasteiger partial charge on any atom is 0.337 e. The highest BCUT2D eigenvalue weighted by atomic mass is 16.5. The summed E-state index contributed by atoms with van der Waals surface area (Å²) in [6.45, 7) is -0.221. The van der Waals surface area contributed by atoms with Gasteiger partial charge in [-0.25, -0.2) is 4.79 Å². The second-order valence-electron chi connectivity index (χ2n) is 3.24. The molecule has 0 fully saturated rings. The largest absolute Gasteiger partial charge is 0.496 e. The maximum atomic E-state index is 11.3. The van der Waals surface area contributed by atoms with Crippen LogP contribution in [0, 0.1) is 0 Å². The van der Waals surface area contributed by atoms with Gasteiger partial charge in [-0.05, 0) is 18.2 Å². The van der Waals surface area contributed by atoms with Crippen LogP contribution in [0.25, 0.3) is 0 Å². The third-order valence-corrected chi connectivity index (χ3v) is 2.25. The van der Waals surface area contributed by atoms with Crippen molar-refractivity contribution in [2.75, 3.05) is 20.8 Å². The number of rotatable bonds is 4. The lowest BCUT2D eigenvalue weighted by molar-refractivity contribution is 0.0600. The molecule has 0 heterocycles. The summed E-state index contributed by atoms with van der Waals surface area (Å²) in [6, 6.07) is 4.18. The summed E-state index contributed by atoms with van der Waals surface area (Å²) in [6.07, 6.45) is 0. The first-order chi connectivity index (χ1) is 7.63. The molecule has 5 nitrogen and oxygen atoms in total. The first-order valence-corrected chi connectivity index (χ1v) is 4.76. The van der Waals surface area contributed by atoms with Gasteiger partial charge in [0.25, 0.3) is 0 Å². The molecule has 0 aliphatic heterocycles. The van der Waals surface area contributed by atoms with Crippen molar-refractivity contribution >= 4 is 5.97 Å². The Morgan fingerprint density at radius 1 is 1.50 bits per heavy atom. The summed E-state index contributed by atoms with van der Waals surface area (Å²) >= 11 is 0. The molecule has 5 heteroatoms. The summed E-state index contributed by atoms with van der Waals surface area (Å²) in [7, 11) is 2.80. The van der Waals surface area contributed by atoms with Crippen LogP contribution in [0.1, 0.15) is 22.0 Å². The number of methoxy groups -OCH3 is 2. The molecule has 0 radical (unpaired) electrons. The lowest BCUT2D eigenvalue weighted by Crippen LogP contribution is -2.16.